The van der Waals surface area contributed by atoms with Crippen LogP contribution in [0.4, 0.5) is 4.39 Å². The molecular weight excluding hydrogens is 309 g/mol. The number of nitrogens with zero attached hydrogens (tertiary/aromatic N) is 1. The van der Waals surface area contributed by atoms with Crippen LogP contribution in [0.2, 0.25) is 0 Å². The Morgan fingerprint density at radius 1 is 1.42 bits per heavy atom. The molecule has 0 N–H and O–H groups in total. The third-order valence-electron chi connectivity index (χ3n) is 3.54. The molecule has 4 heteroatoms. The van der Waals surface area contributed by atoms with Crippen LogP contribution in [-0.4, -0.2) is 6.61 Å². The Balaban J connectivity index is 2.06. The molecule has 100 valence electrons. The van der Waals surface area contributed by atoms with Crippen molar-refractivity contribution in [3.63, 3.8) is 0 Å². The van der Waals surface area contributed by atoms with Crippen LogP contribution in [0, 0.1) is 29.0 Å². The van der Waals surface area contributed by atoms with Crippen LogP contribution in [0.25, 0.3) is 0 Å². The normalized spacial score (nSPS) is 22.0. The average molecular weight is 324 g/mol. The summed E-state index contributed by atoms with van der Waals surface area (Å²) in [6.45, 7) is 2.68. The second-order valence-corrected chi connectivity index (χ2v) is 5.64. The minimum atomic E-state index is -0.502. The maximum atomic E-state index is 14.0. The molecule has 2 rings (SSSR count). The van der Waals surface area contributed by atoms with Gasteiger partial charge in [-0.2, -0.15) is 5.26 Å². The van der Waals surface area contributed by atoms with Crippen molar-refractivity contribution in [2.24, 2.45) is 11.8 Å². The van der Waals surface area contributed by atoms with Gasteiger partial charge in [-0.3, -0.25) is 0 Å². The predicted octanol–water partition coefficient (Wildman–Crippen LogP) is 4.44. The Bertz CT molecular complexity index is 536. The smallest absolute Gasteiger partial charge is 0.180 e. The summed E-state index contributed by atoms with van der Waals surface area (Å²) >= 11 is 3.08. The van der Waals surface area contributed by atoms with Gasteiger partial charge in [0.25, 0.3) is 0 Å². The van der Waals surface area contributed by atoms with Gasteiger partial charge >= 0.3 is 0 Å². The van der Waals surface area contributed by atoms with Gasteiger partial charge in [0.2, 0.25) is 0 Å². The molecule has 2 nitrogen and oxygen atoms in total. The molecule has 19 heavy (non-hydrogen) atoms. The average Bonchev–Trinajstić information content (AvgIpc) is 2.42. The van der Waals surface area contributed by atoms with Gasteiger partial charge in [0.05, 0.1) is 16.6 Å². The molecule has 0 heterocycles. The molecule has 1 aliphatic carbocycles. The summed E-state index contributed by atoms with van der Waals surface area (Å²) in [5.74, 6) is 0.666. The second-order valence-electron chi connectivity index (χ2n) is 4.84. The quantitative estimate of drug-likeness (QED) is 0.770. The second kappa shape index (κ2) is 6.21. The molecule has 0 saturated carbocycles. The van der Waals surface area contributed by atoms with Crippen LogP contribution in [0.3, 0.4) is 0 Å². The van der Waals surface area contributed by atoms with E-state index < -0.39 is 5.82 Å². The van der Waals surface area contributed by atoms with E-state index in [2.05, 4.69) is 35.0 Å². The molecule has 0 radical (unpaired) electrons. The summed E-state index contributed by atoms with van der Waals surface area (Å²) in [5, 5.41) is 8.81. The fourth-order valence-corrected chi connectivity index (χ4v) is 2.58. The number of hydrogen-bond donors (Lipinski definition) is 0. The summed E-state index contributed by atoms with van der Waals surface area (Å²) < 4.78 is 19.7. The summed E-state index contributed by atoms with van der Waals surface area (Å²) in [7, 11) is 0. The molecule has 0 aromatic heterocycles. The number of ether oxygens (including phenoxy) is 1. The number of nitriles is 1. The van der Waals surface area contributed by atoms with E-state index in [0.717, 1.165) is 12.8 Å². The lowest BCUT2D eigenvalue weighted by atomic mass is 9.85. The number of halogens is 2. The van der Waals surface area contributed by atoms with Crippen molar-refractivity contribution in [2.75, 3.05) is 6.61 Å². The Hall–Kier alpha value is -1.34. The topological polar surface area (TPSA) is 33.0 Å². The highest BCUT2D eigenvalue weighted by Gasteiger charge is 2.20. The maximum Gasteiger partial charge on any atom is 0.180 e. The molecule has 0 saturated heterocycles. The Morgan fingerprint density at radius 3 is 2.84 bits per heavy atom. The summed E-state index contributed by atoms with van der Waals surface area (Å²) in [6.07, 6.45) is 6.35. The van der Waals surface area contributed by atoms with Crippen molar-refractivity contribution < 1.29 is 9.13 Å². The van der Waals surface area contributed by atoms with Gasteiger partial charge in [-0.15, -0.1) is 0 Å². The first-order valence-electron chi connectivity index (χ1n) is 6.29. The van der Waals surface area contributed by atoms with Crippen molar-refractivity contribution in [1.82, 2.24) is 0 Å². The molecular formula is C15H15BrFNO. The van der Waals surface area contributed by atoms with Crippen molar-refractivity contribution in [3.05, 3.63) is 40.1 Å². The highest BCUT2D eigenvalue weighted by atomic mass is 79.9. The van der Waals surface area contributed by atoms with Crippen LogP contribution in [0.15, 0.2) is 28.8 Å². The third-order valence-corrected chi connectivity index (χ3v) is 4.31. The van der Waals surface area contributed by atoms with Gasteiger partial charge in [-0.25, -0.2) is 4.39 Å². The molecule has 1 aromatic carbocycles. The molecule has 2 atom stereocenters. The number of allylic oxidation sites excluding steroid dienone is 2. The fourth-order valence-electron chi connectivity index (χ4n) is 2.17. The van der Waals surface area contributed by atoms with Gasteiger partial charge < -0.3 is 4.74 Å². The molecule has 1 aromatic rings. The molecule has 0 fully saturated rings. The van der Waals surface area contributed by atoms with Crippen molar-refractivity contribution in [3.8, 4) is 11.8 Å². The predicted molar refractivity (Wildman–Crippen MR) is 75.3 cm³/mol. The van der Waals surface area contributed by atoms with E-state index in [1.807, 2.05) is 6.07 Å². The lowest BCUT2D eigenvalue weighted by molar-refractivity contribution is 0.192. The number of benzene rings is 1. The van der Waals surface area contributed by atoms with Crippen LogP contribution in [0.1, 0.15) is 25.3 Å². The third kappa shape index (κ3) is 3.16. The van der Waals surface area contributed by atoms with E-state index in [1.165, 1.54) is 6.07 Å². The highest BCUT2D eigenvalue weighted by molar-refractivity contribution is 9.10. The van der Waals surface area contributed by atoms with E-state index in [9.17, 15) is 4.39 Å². The SMILES string of the molecule is CC1CC=CCC1COc1ccc(C#N)c(Br)c1F. The Kier molecular flexibility index (Phi) is 4.60. The van der Waals surface area contributed by atoms with E-state index >= 15 is 0 Å². The van der Waals surface area contributed by atoms with Crippen LogP contribution in [0.5, 0.6) is 5.75 Å². The first-order valence-corrected chi connectivity index (χ1v) is 7.08. The van der Waals surface area contributed by atoms with Crippen LogP contribution >= 0.6 is 15.9 Å². The largest absolute Gasteiger partial charge is 0.490 e. The summed E-state index contributed by atoms with van der Waals surface area (Å²) in [6, 6.07) is 5.00. The standard InChI is InChI=1S/C15H15BrFNO/c1-10-4-2-3-5-12(10)9-19-13-7-6-11(8-18)14(16)15(13)17/h2-3,6-7,10,12H,4-5,9H2,1H3. The number of hydrogen-bond acceptors (Lipinski definition) is 2. The first-order chi connectivity index (χ1) is 9.13. The maximum absolute atomic E-state index is 14.0. The van der Waals surface area contributed by atoms with E-state index in [1.54, 1.807) is 6.07 Å². The lowest BCUT2D eigenvalue weighted by Gasteiger charge is -2.25. The van der Waals surface area contributed by atoms with Gasteiger partial charge in [0, 0.05) is 0 Å². The molecule has 0 aliphatic heterocycles. The minimum absolute atomic E-state index is 0.170. The van der Waals surface area contributed by atoms with Crippen LogP contribution < -0.4 is 4.74 Å². The zero-order valence-corrected chi connectivity index (χ0v) is 12.3. The lowest BCUT2D eigenvalue weighted by Crippen LogP contribution is -2.21. The van der Waals surface area contributed by atoms with Gasteiger partial charge in [0.15, 0.2) is 11.6 Å². The van der Waals surface area contributed by atoms with E-state index in [-0.39, 0.29) is 15.8 Å². The molecule has 0 bridgehead atoms. The molecule has 0 spiro atoms. The zero-order valence-electron chi connectivity index (χ0n) is 10.7. The van der Waals surface area contributed by atoms with E-state index in [0.29, 0.717) is 18.4 Å². The molecule has 2 unspecified atom stereocenters. The van der Waals surface area contributed by atoms with Gasteiger partial charge in [0.1, 0.15) is 6.07 Å². The number of rotatable bonds is 3. The zero-order chi connectivity index (χ0) is 13.8. The van der Waals surface area contributed by atoms with Crippen molar-refractivity contribution >= 4 is 15.9 Å². The van der Waals surface area contributed by atoms with E-state index in [4.69, 9.17) is 10.00 Å². The van der Waals surface area contributed by atoms with Crippen molar-refractivity contribution in [1.29, 1.82) is 5.26 Å². The summed E-state index contributed by atoms with van der Waals surface area (Å²) in [4.78, 5) is 0. The Labute approximate surface area is 121 Å². The Morgan fingerprint density at radius 2 is 2.16 bits per heavy atom. The molecule has 0 amide bonds. The van der Waals surface area contributed by atoms with Gasteiger partial charge in [-0.05, 0) is 52.7 Å². The fraction of sp³-hybridized carbons (Fsp3) is 0.400. The first kappa shape index (κ1) is 14.1. The van der Waals surface area contributed by atoms with Gasteiger partial charge in [-0.1, -0.05) is 19.1 Å². The minimum Gasteiger partial charge on any atom is -0.490 e. The monoisotopic (exact) mass is 323 g/mol. The highest BCUT2D eigenvalue weighted by Crippen LogP contribution is 2.30. The summed E-state index contributed by atoms with van der Waals surface area (Å²) in [5.41, 5.74) is 0.277. The van der Waals surface area contributed by atoms with Crippen molar-refractivity contribution in [2.45, 2.75) is 19.8 Å². The molecule has 1 aliphatic rings. The van der Waals surface area contributed by atoms with Crippen LogP contribution in [-0.2, 0) is 0 Å².